The lowest BCUT2D eigenvalue weighted by atomic mass is 9.94. The summed E-state index contributed by atoms with van der Waals surface area (Å²) in [6, 6.07) is 8.66. The van der Waals surface area contributed by atoms with Crippen molar-refractivity contribution in [2.75, 3.05) is 5.32 Å². The standard InChI is InChI=1S/C14H12Br2ClNS/c15-8-4-5-10(16)12(6-8)18-11-2-1-3-13-9(11)7-14(17)19-13/h4-7,11,18H,1-3H2. The average Bonchev–Trinajstić information content (AvgIpc) is 2.75. The molecule has 5 heteroatoms. The van der Waals surface area contributed by atoms with E-state index in [9.17, 15) is 0 Å². The van der Waals surface area contributed by atoms with Crippen molar-refractivity contribution in [2.24, 2.45) is 0 Å². The zero-order chi connectivity index (χ0) is 13.4. The molecule has 0 amide bonds. The first-order chi connectivity index (χ1) is 9.13. The van der Waals surface area contributed by atoms with E-state index in [1.165, 1.54) is 16.9 Å². The number of benzene rings is 1. The first-order valence-corrected chi connectivity index (χ1v) is 8.91. The largest absolute Gasteiger partial charge is 0.377 e. The van der Waals surface area contributed by atoms with Crippen LogP contribution in [0.3, 0.4) is 0 Å². The normalized spacial score (nSPS) is 18.2. The minimum atomic E-state index is 0.359. The summed E-state index contributed by atoms with van der Waals surface area (Å²) in [4.78, 5) is 1.43. The fourth-order valence-electron chi connectivity index (χ4n) is 2.47. The van der Waals surface area contributed by atoms with Gasteiger partial charge in [0.25, 0.3) is 0 Å². The van der Waals surface area contributed by atoms with Crippen LogP contribution in [0.25, 0.3) is 0 Å². The number of thiophene rings is 1. The number of nitrogens with one attached hydrogen (secondary N) is 1. The molecule has 100 valence electrons. The van der Waals surface area contributed by atoms with Crippen LogP contribution in [0.4, 0.5) is 5.69 Å². The Morgan fingerprint density at radius 2 is 2.11 bits per heavy atom. The van der Waals surface area contributed by atoms with Crippen molar-refractivity contribution in [3.8, 4) is 0 Å². The van der Waals surface area contributed by atoms with E-state index in [1.54, 1.807) is 11.3 Å². The van der Waals surface area contributed by atoms with E-state index in [-0.39, 0.29) is 0 Å². The summed E-state index contributed by atoms with van der Waals surface area (Å²) in [5, 5.41) is 3.63. The summed E-state index contributed by atoms with van der Waals surface area (Å²) < 4.78 is 3.06. The molecule has 0 aliphatic heterocycles. The van der Waals surface area contributed by atoms with Crippen molar-refractivity contribution in [3.05, 3.63) is 48.0 Å². The van der Waals surface area contributed by atoms with E-state index < -0.39 is 0 Å². The summed E-state index contributed by atoms with van der Waals surface area (Å²) in [5.41, 5.74) is 2.49. The third kappa shape index (κ3) is 3.02. The van der Waals surface area contributed by atoms with E-state index in [0.29, 0.717) is 6.04 Å². The maximum Gasteiger partial charge on any atom is 0.0934 e. The Bertz CT molecular complexity index is 611. The number of halogens is 3. The van der Waals surface area contributed by atoms with E-state index in [1.807, 2.05) is 6.07 Å². The fourth-order valence-corrected chi connectivity index (χ4v) is 4.57. The molecule has 0 saturated heterocycles. The van der Waals surface area contributed by atoms with Gasteiger partial charge in [-0.05, 0) is 65.0 Å². The first kappa shape index (κ1) is 13.9. The van der Waals surface area contributed by atoms with Crippen LogP contribution in [0.5, 0.6) is 0 Å². The van der Waals surface area contributed by atoms with Gasteiger partial charge in [0.2, 0.25) is 0 Å². The van der Waals surface area contributed by atoms with Gasteiger partial charge in [0.05, 0.1) is 16.1 Å². The number of hydrogen-bond donors (Lipinski definition) is 1. The second-order valence-corrected chi connectivity index (χ2v) is 8.18. The van der Waals surface area contributed by atoms with Crippen LogP contribution in [0.2, 0.25) is 4.34 Å². The van der Waals surface area contributed by atoms with E-state index in [4.69, 9.17) is 11.6 Å². The summed E-state index contributed by atoms with van der Waals surface area (Å²) in [6.07, 6.45) is 3.52. The number of fused-ring (bicyclic) bond motifs is 1. The van der Waals surface area contributed by atoms with Crippen LogP contribution < -0.4 is 5.32 Å². The van der Waals surface area contributed by atoms with E-state index >= 15 is 0 Å². The van der Waals surface area contributed by atoms with Crippen molar-refractivity contribution >= 4 is 60.5 Å². The number of rotatable bonds is 2. The molecule has 1 aliphatic carbocycles. The van der Waals surface area contributed by atoms with E-state index in [2.05, 4.69) is 55.4 Å². The second kappa shape index (κ2) is 5.76. The predicted octanol–water partition coefficient (Wildman–Crippen LogP) is 6.42. The number of hydrogen-bond acceptors (Lipinski definition) is 2. The molecule has 0 spiro atoms. The third-order valence-electron chi connectivity index (χ3n) is 3.34. The molecular weight excluding hydrogens is 409 g/mol. The van der Waals surface area contributed by atoms with Gasteiger partial charge in [-0.2, -0.15) is 0 Å². The fraction of sp³-hybridized carbons (Fsp3) is 0.286. The van der Waals surface area contributed by atoms with Crippen molar-refractivity contribution in [1.82, 2.24) is 0 Å². The van der Waals surface area contributed by atoms with Gasteiger partial charge < -0.3 is 5.32 Å². The Hall–Kier alpha value is -0.0300. The molecule has 0 saturated carbocycles. The molecular formula is C14H12Br2ClNS. The van der Waals surface area contributed by atoms with Gasteiger partial charge in [0, 0.05) is 13.8 Å². The molecule has 2 aromatic rings. The molecule has 0 bridgehead atoms. The summed E-state index contributed by atoms with van der Waals surface area (Å²) >= 11 is 15.0. The molecule has 0 fully saturated rings. The summed E-state index contributed by atoms with van der Waals surface area (Å²) in [6.45, 7) is 0. The van der Waals surface area contributed by atoms with Gasteiger partial charge in [-0.15, -0.1) is 11.3 Å². The van der Waals surface area contributed by atoms with Crippen LogP contribution in [0.1, 0.15) is 29.3 Å². The minimum Gasteiger partial charge on any atom is -0.377 e. The van der Waals surface area contributed by atoms with Gasteiger partial charge >= 0.3 is 0 Å². The molecule has 1 nitrogen and oxygen atoms in total. The van der Waals surface area contributed by atoms with Crippen LogP contribution in [0.15, 0.2) is 33.2 Å². The van der Waals surface area contributed by atoms with Gasteiger partial charge in [-0.25, -0.2) is 0 Å². The number of aryl methyl sites for hydroxylation is 1. The topological polar surface area (TPSA) is 12.0 Å². The Kier molecular flexibility index (Phi) is 4.22. The van der Waals surface area contributed by atoms with Crippen molar-refractivity contribution in [2.45, 2.75) is 25.3 Å². The summed E-state index contributed by atoms with van der Waals surface area (Å²) in [7, 11) is 0. The molecule has 1 atom stereocenters. The maximum atomic E-state index is 6.15. The quantitative estimate of drug-likeness (QED) is 0.590. The van der Waals surface area contributed by atoms with Crippen LogP contribution in [-0.4, -0.2) is 0 Å². The van der Waals surface area contributed by atoms with Crippen molar-refractivity contribution in [3.63, 3.8) is 0 Å². The highest BCUT2D eigenvalue weighted by atomic mass is 79.9. The van der Waals surface area contributed by atoms with Crippen molar-refractivity contribution < 1.29 is 0 Å². The second-order valence-electron chi connectivity index (χ2n) is 4.64. The van der Waals surface area contributed by atoms with Crippen LogP contribution >= 0.6 is 54.8 Å². The van der Waals surface area contributed by atoms with E-state index in [0.717, 1.165) is 31.8 Å². The lowest BCUT2D eigenvalue weighted by Gasteiger charge is -2.25. The van der Waals surface area contributed by atoms with Gasteiger partial charge in [-0.1, -0.05) is 27.5 Å². The zero-order valence-electron chi connectivity index (χ0n) is 10.1. The van der Waals surface area contributed by atoms with Crippen LogP contribution in [-0.2, 0) is 6.42 Å². The minimum absolute atomic E-state index is 0.359. The molecule has 1 unspecified atom stereocenters. The monoisotopic (exact) mass is 419 g/mol. The lowest BCUT2D eigenvalue weighted by molar-refractivity contribution is 0.608. The Morgan fingerprint density at radius 1 is 1.26 bits per heavy atom. The van der Waals surface area contributed by atoms with Gasteiger partial charge in [0.1, 0.15) is 0 Å². The van der Waals surface area contributed by atoms with Crippen molar-refractivity contribution in [1.29, 1.82) is 0 Å². The predicted molar refractivity (Wildman–Crippen MR) is 90.5 cm³/mol. The Morgan fingerprint density at radius 3 is 2.95 bits per heavy atom. The molecule has 1 aliphatic rings. The van der Waals surface area contributed by atoms with Gasteiger partial charge in [-0.3, -0.25) is 0 Å². The third-order valence-corrected chi connectivity index (χ3v) is 5.87. The SMILES string of the molecule is Clc1cc2c(s1)CCCC2Nc1cc(Br)ccc1Br. The molecule has 19 heavy (non-hydrogen) atoms. The molecule has 1 aromatic carbocycles. The highest BCUT2D eigenvalue weighted by Gasteiger charge is 2.23. The Labute approximate surface area is 138 Å². The number of anilines is 1. The Balaban J connectivity index is 1.90. The molecule has 1 heterocycles. The first-order valence-electron chi connectivity index (χ1n) is 6.13. The maximum absolute atomic E-state index is 6.15. The smallest absolute Gasteiger partial charge is 0.0934 e. The average molecular weight is 422 g/mol. The highest BCUT2D eigenvalue weighted by Crippen LogP contribution is 2.40. The lowest BCUT2D eigenvalue weighted by Crippen LogP contribution is -2.15. The van der Waals surface area contributed by atoms with Crippen LogP contribution in [0, 0.1) is 0 Å². The molecule has 0 radical (unpaired) electrons. The highest BCUT2D eigenvalue weighted by molar-refractivity contribution is 9.11. The molecule has 3 rings (SSSR count). The molecule has 1 aromatic heterocycles. The van der Waals surface area contributed by atoms with Gasteiger partial charge in [0.15, 0.2) is 0 Å². The zero-order valence-corrected chi connectivity index (χ0v) is 14.8. The summed E-state index contributed by atoms with van der Waals surface area (Å²) in [5.74, 6) is 0. The molecule has 1 N–H and O–H groups in total.